The maximum atomic E-state index is 13.0. The lowest BCUT2D eigenvalue weighted by Crippen LogP contribution is -2.28. The molecule has 2 rings (SSSR count). The van der Waals surface area contributed by atoms with Gasteiger partial charge in [-0.1, -0.05) is 28.1 Å². The van der Waals surface area contributed by atoms with E-state index in [4.69, 9.17) is 14.6 Å². The fourth-order valence-electron chi connectivity index (χ4n) is 2.33. The molecule has 2 aromatic carbocycles. The Hall–Kier alpha value is -1.67. The molecule has 0 amide bonds. The van der Waals surface area contributed by atoms with Crippen LogP contribution in [0.2, 0.25) is 0 Å². The predicted octanol–water partition coefficient (Wildman–Crippen LogP) is 2.85. The molecule has 26 heavy (non-hydrogen) atoms. The second-order valence-electron chi connectivity index (χ2n) is 5.66. The zero-order chi connectivity index (χ0) is 18.8. The molecule has 0 radical (unpaired) electrons. The summed E-state index contributed by atoms with van der Waals surface area (Å²) < 4.78 is 25.1. The molecular weight excluding hydrogens is 403 g/mol. The number of rotatable bonds is 11. The molecule has 0 fully saturated rings. The van der Waals surface area contributed by atoms with E-state index >= 15 is 0 Å². The number of aliphatic hydroxyl groups is 1. The second-order valence-corrected chi connectivity index (χ2v) is 6.51. The van der Waals surface area contributed by atoms with Crippen LogP contribution < -0.4 is 20.1 Å². The minimum Gasteiger partial charge on any atom is -0.493 e. The van der Waals surface area contributed by atoms with Crippen molar-refractivity contribution in [2.45, 2.75) is 13.2 Å². The lowest BCUT2D eigenvalue weighted by molar-refractivity contribution is 0.284. The van der Waals surface area contributed by atoms with Crippen LogP contribution in [0.15, 0.2) is 40.9 Å². The Morgan fingerprint density at radius 1 is 1.04 bits per heavy atom. The molecule has 0 atom stereocenters. The van der Waals surface area contributed by atoms with E-state index in [0.29, 0.717) is 31.2 Å². The molecule has 0 aliphatic rings. The predicted molar refractivity (Wildman–Crippen MR) is 103 cm³/mol. The van der Waals surface area contributed by atoms with Crippen LogP contribution in [-0.4, -0.2) is 38.5 Å². The van der Waals surface area contributed by atoms with Crippen LogP contribution in [0.4, 0.5) is 4.39 Å². The number of nitrogens with one attached hydrogen (secondary N) is 2. The smallest absolute Gasteiger partial charge is 0.162 e. The van der Waals surface area contributed by atoms with Crippen molar-refractivity contribution in [3.05, 3.63) is 57.8 Å². The summed E-state index contributed by atoms with van der Waals surface area (Å²) in [6.07, 6.45) is 0. The van der Waals surface area contributed by atoms with Crippen LogP contribution in [-0.2, 0) is 13.2 Å². The zero-order valence-electron chi connectivity index (χ0n) is 14.7. The molecule has 2 aromatic rings. The molecule has 0 heterocycles. The summed E-state index contributed by atoms with van der Waals surface area (Å²) in [5.41, 5.74) is 1.93. The quantitative estimate of drug-likeness (QED) is 0.482. The molecule has 0 aliphatic heterocycles. The highest BCUT2D eigenvalue weighted by Gasteiger charge is 2.10. The highest BCUT2D eigenvalue weighted by molar-refractivity contribution is 9.10. The zero-order valence-corrected chi connectivity index (χ0v) is 16.3. The van der Waals surface area contributed by atoms with Gasteiger partial charge in [-0.15, -0.1) is 0 Å². The van der Waals surface area contributed by atoms with Gasteiger partial charge in [0.15, 0.2) is 11.5 Å². The first-order valence-corrected chi connectivity index (χ1v) is 9.19. The van der Waals surface area contributed by atoms with Crippen LogP contribution in [0.3, 0.4) is 0 Å². The molecular formula is C19H24BrFN2O3. The first kappa shape index (κ1) is 20.6. The number of ether oxygens (including phenoxy) is 2. The topological polar surface area (TPSA) is 62.8 Å². The Bertz CT molecular complexity index is 683. The van der Waals surface area contributed by atoms with Gasteiger partial charge in [0.25, 0.3) is 0 Å². The monoisotopic (exact) mass is 426 g/mol. The van der Waals surface area contributed by atoms with Crippen LogP contribution in [0, 0.1) is 5.82 Å². The van der Waals surface area contributed by atoms with Crippen molar-refractivity contribution >= 4 is 15.9 Å². The third-order valence-corrected chi connectivity index (χ3v) is 4.46. The number of aliphatic hydroxyl groups excluding tert-OH is 1. The first-order chi connectivity index (χ1) is 12.6. The molecule has 3 N–H and O–H groups in total. The SMILES string of the molecule is COc1cc(CNCCNCCO)c(Br)cc1OCc1ccc(F)cc1. The van der Waals surface area contributed by atoms with E-state index in [-0.39, 0.29) is 12.4 Å². The number of hydrogen-bond donors (Lipinski definition) is 3. The number of hydrogen-bond acceptors (Lipinski definition) is 5. The van der Waals surface area contributed by atoms with Gasteiger partial charge in [-0.3, -0.25) is 0 Å². The van der Waals surface area contributed by atoms with E-state index in [2.05, 4.69) is 26.6 Å². The van der Waals surface area contributed by atoms with Gasteiger partial charge >= 0.3 is 0 Å². The molecule has 0 spiro atoms. The van der Waals surface area contributed by atoms with Gasteiger partial charge in [0.2, 0.25) is 0 Å². The molecule has 7 heteroatoms. The Morgan fingerprint density at radius 3 is 2.46 bits per heavy atom. The Kier molecular flexibility index (Phi) is 8.84. The third kappa shape index (κ3) is 6.57. The van der Waals surface area contributed by atoms with Crippen molar-refractivity contribution in [2.24, 2.45) is 0 Å². The lowest BCUT2D eigenvalue weighted by Gasteiger charge is -2.14. The van der Waals surface area contributed by atoms with Crippen LogP contribution >= 0.6 is 15.9 Å². The van der Waals surface area contributed by atoms with E-state index in [9.17, 15) is 4.39 Å². The second kappa shape index (κ2) is 11.1. The van der Waals surface area contributed by atoms with Gasteiger partial charge in [-0.05, 0) is 35.4 Å². The third-order valence-electron chi connectivity index (χ3n) is 3.72. The van der Waals surface area contributed by atoms with Gasteiger partial charge in [0.1, 0.15) is 12.4 Å². The first-order valence-electron chi connectivity index (χ1n) is 8.40. The summed E-state index contributed by atoms with van der Waals surface area (Å²) in [6, 6.07) is 10.0. The van der Waals surface area contributed by atoms with Crippen molar-refractivity contribution in [3.63, 3.8) is 0 Å². The summed E-state index contributed by atoms with van der Waals surface area (Å²) >= 11 is 3.57. The molecule has 0 aromatic heterocycles. The average molecular weight is 427 g/mol. The van der Waals surface area contributed by atoms with Crippen molar-refractivity contribution in [1.29, 1.82) is 0 Å². The molecule has 142 valence electrons. The average Bonchev–Trinajstić information content (AvgIpc) is 2.65. The largest absolute Gasteiger partial charge is 0.493 e. The maximum Gasteiger partial charge on any atom is 0.162 e. The molecule has 0 saturated heterocycles. The molecule has 5 nitrogen and oxygen atoms in total. The highest BCUT2D eigenvalue weighted by Crippen LogP contribution is 2.34. The van der Waals surface area contributed by atoms with Gasteiger partial charge in [-0.2, -0.15) is 0 Å². The van der Waals surface area contributed by atoms with E-state index in [1.54, 1.807) is 19.2 Å². The highest BCUT2D eigenvalue weighted by atomic mass is 79.9. The standard InChI is InChI=1S/C19H24BrFN2O3/c1-25-18-10-15(12-23-7-6-22-8-9-24)17(20)11-19(18)26-13-14-2-4-16(21)5-3-14/h2-5,10-11,22-24H,6-9,12-13H2,1H3. The van der Waals surface area contributed by atoms with E-state index in [0.717, 1.165) is 28.7 Å². The van der Waals surface area contributed by atoms with Crippen molar-refractivity contribution in [3.8, 4) is 11.5 Å². The van der Waals surface area contributed by atoms with Crippen LogP contribution in [0.25, 0.3) is 0 Å². The van der Waals surface area contributed by atoms with Gasteiger partial charge in [0.05, 0.1) is 13.7 Å². The lowest BCUT2D eigenvalue weighted by atomic mass is 10.2. The van der Waals surface area contributed by atoms with E-state index in [1.165, 1.54) is 12.1 Å². The Labute approximate surface area is 161 Å². The molecule has 0 saturated carbocycles. The van der Waals surface area contributed by atoms with Crippen molar-refractivity contribution in [2.75, 3.05) is 33.4 Å². The van der Waals surface area contributed by atoms with Gasteiger partial charge < -0.3 is 25.2 Å². The Morgan fingerprint density at radius 2 is 1.77 bits per heavy atom. The summed E-state index contributed by atoms with van der Waals surface area (Å²) in [5.74, 6) is 1.00. The molecule has 0 aliphatic carbocycles. The van der Waals surface area contributed by atoms with Crippen LogP contribution in [0.5, 0.6) is 11.5 Å². The van der Waals surface area contributed by atoms with Crippen molar-refractivity contribution < 1.29 is 19.0 Å². The fraction of sp³-hybridized carbons (Fsp3) is 0.368. The molecule has 0 bridgehead atoms. The minimum atomic E-state index is -0.266. The van der Waals surface area contributed by atoms with Gasteiger partial charge in [-0.25, -0.2) is 4.39 Å². The summed E-state index contributed by atoms with van der Waals surface area (Å²) in [7, 11) is 1.60. The van der Waals surface area contributed by atoms with E-state index < -0.39 is 0 Å². The summed E-state index contributed by atoms with van der Waals surface area (Å²) in [5, 5.41) is 15.2. The van der Waals surface area contributed by atoms with Crippen LogP contribution in [0.1, 0.15) is 11.1 Å². The summed E-state index contributed by atoms with van der Waals surface area (Å²) in [4.78, 5) is 0. The van der Waals surface area contributed by atoms with Crippen molar-refractivity contribution in [1.82, 2.24) is 10.6 Å². The number of methoxy groups -OCH3 is 1. The van der Waals surface area contributed by atoms with E-state index in [1.807, 2.05) is 12.1 Å². The Balaban J connectivity index is 1.93. The summed E-state index contributed by atoms with van der Waals surface area (Å²) in [6.45, 7) is 3.32. The number of halogens is 2. The minimum absolute atomic E-state index is 0.141. The maximum absolute atomic E-state index is 13.0. The number of benzene rings is 2. The molecule has 0 unspecified atom stereocenters. The van der Waals surface area contributed by atoms with Gasteiger partial charge in [0, 0.05) is 30.7 Å². The fourth-order valence-corrected chi connectivity index (χ4v) is 2.79. The normalized spacial score (nSPS) is 10.8.